The molecule has 2 aromatic rings. The fourth-order valence-corrected chi connectivity index (χ4v) is 1.96. The number of anilines is 1. The summed E-state index contributed by atoms with van der Waals surface area (Å²) in [6, 6.07) is 6.73. The summed E-state index contributed by atoms with van der Waals surface area (Å²) in [5.74, 6) is -4.19. The van der Waals surface area contributed by atoms with E-state index in [2.05, 4.69) is 5.32 Å². The molecule has 0 atom stereocenters. The standard InChI is InChI=1S/C16H11F5N2O2/c17-12-6-5-9(7-13(12)18)23-14(24)8-22-15(25)10-3-1-2-4-11(10)16(19,20)21/h1-7H,8H2,(H,22,25)(H,23,24). The molecule has 0 aliphatic carbocycles. The molecule has 0 heterocycles. The molecule has 0 aliphatic heterocycles. The smallest absolute Gasteiger partial charge is 0.343 e. The quantitative estimate of drug-likeness (QED) is 0.824. The Labute approximate surface area is 138 Å². The van der Waals surface area contributed by atoms with Crippen LogP contribution < -0.4 is 10.6 Å². The van der Waals surface area contributed by atoms with Gasteiger partial charge in [-0.15, -0.1) is 0 Å². The highest BCUT2D eigenvalue weighted by Gasteiger charge is 2.34. The van der Waals surface area contributed by atoms with Gasteiger partial charge in [0.2, 0.25) is 5.91 Å². The second-order valence-corrected chi connectivity index (χ2v) is 4.90. The maximum absolute atomic E-state index is 13.0. The van der Waals surface area contributed by atoms with Gasteiger partial charge in [-0.3, -0.25) is 9.59 Å². The summed E-state index contributed by atoms with van der Waals surface area (Å²) in [6.07, 6.45) is -4.72. The summed E-state index contributed by atoms with van der Waals surface area (Å²) in [5.41, 5.74) is -1.82. The van der Waals surface area contributed by atoms with Gasteiger partial charge >= 0.3 is 6.18 Å². The van der Waals surface area contributed by atoms with Crippen LogP contribution in [-0.4, -0.2) is 18.4 Å². The summed E-state index contributed by atoms with van der Waals surface area (Å²) in [5, 5.41) is 4.22. The first-order valence-electron chi connectivity index (χ1n) is 6.88. The lowest BCUT2D eigenvalue weighted by atomic mass is 10.1. The van der Waals surface area contributed by atoms with Crippen LogP contribution in [0.1, 0.15) is 15.9 Å². The highest BCUT2D eigenvalue weighted by atomic mass is 19.4. The van der Waals surface area contributed by atoms with Gasteiger partial charge in [0.1, 0.15) is 0 Å². The van der Waals surface area contributed by atoms with Crippen LogP contribution in [0.15, 0.2) is 42.5 Å². The van der Waals surface area contributed by atoms with Crippen LogP contribution in [-0.2, 0) is 11.0 Å². The molecule has 2 amide bonds. The van der Waals surface area contributed by atoms with Gasteiger partial charge in [-0.25, -0.2) is 8.78 Å². The third kappa shape index (κ3) is 4.75. The zero-order valence-electron chi connectivity index (χ0n) is 12.5. The Balaban J connectivity index is 2.00. The minimum absolute atomic E-state index is 0.0613. The van der Waals surface area contributed by atoms with Crippen LogP contribution in [0.25, 0.3) is 0 Å². The Morgan fingerprint density at radius 3 is 2.28 bits per heavy atom. The summed E-state index contributed by atoms with van der Waals surface area (Å²) in [6.45, 7) is -0.649. The lowest BCUT2D eigenvalue weighted by Crippen LogP contribution is -2.34. The number of amides is 2. The minimum atomic E-state index is -4.72. The van der Waals surface area contributed by atoms with E-state index in [1.165, 1.54) is 6.07 Å². The number of carbonyl (C=O) groups excluding carboxylic acids is 2. The van der Waals surface area contributed by atoms with Gasteiger partial charge < -0.3 is 10.6 Å². The van der Waals surface area contributed by atoms with E-state index in [9.17, 15) is 31.5 Å². The topological polar surface area (TPSA) is 58.2 Å². The third-order valence-electron chi connectivity index (χ3n) is 3.09. The molecule has 0 saturated heterocycles. The molecule has 0 aromatic heterocycles. The second kappa shape index (κ2) is 7.29. The molecule has 2 rings (SSSR count). The van der Waals surface area contributed by atoms with E-state index in [1.54, 1.807) is 0 Å². The zero-order chi connectivity index (χ0) is 18.6. The number of hydrogen-bond donors (Lipinski definition) is 2. The lowest BCUT2D eigenvalue weighted by Gasteiger charge is -2.12. The third-order valence-corrected chi connectivity index (χ3v) is 3.09. The molecule has 0 bridgehead atoms. The van der Waals surface area contributed by atoms with Crippen LogP contribution in [0.3, 0.4) is 0 Å². The molecule has 0 unspecified atom stereocenters. The number of benzene rings is 2. The van der Waals surface area contributed by atoms with Crippen molar-refractivity contribution in [1.29, 1.82) is 0 Å². The first-order chi connectivity index (χ1) is 11.7. The van der Waals surface area contributed by atoms with E-state index in [-0.39, 0.29) is 5.69 Å². The highest BCUT2D eigenvalue weighted by Crippen LogP contribution is 2.31. The van der Waals surface area contributed by atoms with Gasteiger partial charge in [-0.1, -0.05) is 12.1 Å². The van der Waals surface area contributed by atoms with E-state index >= 15 is 0 Å². The molecule has 9 heteroatoms. The van der Waals surface area contributed by atoms with E-state index < -0.39 is 47.3 Å². The Morgan fingerprint density at radius 2 is 1.64 bits per heavy atom. The summed E-state index contributed by atoms with van der Waals surface area (Å²) < 4.78 is 64.3. The molecule has 2 aromatic carbocycles. The first kappa shape index (κ1) is 18.4. The van der Waals surface area contributed by atoms with Crippen molar-refractivity contribution >= 4 is 17.5 Å². The van der Waals surface area contributed by atoms with Crippen LogP contribution in [0, 0.1) is 11.6 Å². The molecule has 2 N–H and O–H groups in total. The zero-order valence-corrected chi connectivity index (χ0v) is 12.5. The molecule has 0 radical (unpaired) electrons. The molecule has 4 nitrogen and oxygen atoms in total. The van der Waals surface area contributed by atoms with Crippen LogP contribution in [0.4, 0.5) is 27.6 Å². The van der Waals surface area contributed by atoms with Crippen LogP contribution in [0.2, 0.25) is 0 Å². The van der Waals surface area contributed by atoms with Crippen molar-refractivity contribution in [2.24, 2.45) is 0 Å². The van der Waals surface area contributed by atoms with Crippen LogP contribution in [0.5, 0.6) is 0 Å². The molecular formula is C16H11F5N2O2. The van der Waals surface area contributed by atoms with E-state index in [1.807, 2.05) is 5.32 Å². The first-order valence-corrected chi connectivity index (χ1v) is 6.88. The average molecular weight is 358 g/mol. The normalized spacial score (nSPS) is 11.1. The van der Waals surface area contributed by atoms with Gasteiger partial charge in [0.15, 0.2) is 11.6 Å². The SMILES string of the molecule is O=C(CNC(=O)c1ccccc1C(F)(F)F)Nc1ccc(F)c(F)c1. The number of carbonyl (C=O) groups is 2. The van der Waals surface area contributed by atoms with Crippen molar-refractivity contribution in [3.8, 4) is 0 Å². The minimum Gasteiger partial charge on any atom is -0.343 e. The predicted molar refractivity (Wildman–Crippen MR) is 78.8 cm³/mol. The van der Waals surface area contributed by atoms with E-state index in [4.69, 9.17) is 0 Å². The molecular weight excluding hydrogens is 347 g/mol. The maximum atomic E-state index is 13.0. The van der Waals surface area contributed by atoms with Crippen LogP contribution >= 0.6 is 0 Å². The van der Waals surface area contributed by atoms with Gasteiger partial charge in [0.05, 0.1) is 17.7 Å². The average Bonchev–Trinajstić information content (AvgIpc) is 2.55. The predicted octanol–water partition coefficient (Wildman–Crippen LogP) is 3.35. The number of halogens is 5. The van der Waals surface area contributed by atoms with Crippen molar-refractivity contribution in [3.63, 3.8) is 0 Å². The Kier molecular flexibility index (Phi) is 5.35. The van der Waals surface area contributed by atoms with Gasteiger partial charge in [-0.2, -0.15) is 13.2 Å². The van der Waals surface area contributed by atoms with Crippen molar-refractivity contribution in [1.82, 2.24) is 5.32 Å². The molecule has 0 fully saturated rings. The van der Waals surface area contributed by atoms with Gasteiger partial charge in [0, 0.05) is 11.8 Å². The van der Waals surface area contributed by atoms with Crippen molar-refractivity contribution in [2.45, 2.75) is 6.18 Å². The van der Waals surface area contributed by atoms with Gasteiger partial charge in [0.25, 0.3) is 5.91 Å². The monoisotopic (exact) mass is 358 g/mol. The maximum Gasteiger partial charge on any atom is 0.417 e. The number of rotatable bonds is 4. The van der Waals surface area contributed by atoms with Gasteiger partial charge in [-0.05, 0) is 24.3 Å². The number of alkyl halides is 3. The summed E-state index contributed by atoms with van der Waals surface area (Å²) in [7, 11) is 0. The lowest BCUT2D eigenvalue weighted by molar-refractivity contribution is -0.137. The van der Waals surface area contributed by atoms with Crippen molar-refractivity contribution < 1.29 is 31.5 Å². The molecule has 0 spiro atoms. The Morgan fingerprint density at radius 1 is 0.960 bits per heavy atom. The van der Waals surface area contributed by atoms with E-state index in [0.29, 0.717) is 0 Å². The highest BCUT2D eigenvalue weighted by molar-refractivity contribution is 6.00. The number of hydrogen-bond acceptors (Lipinski definition) is 2. The Bertz CT molecular complexity index is 805. The second-order valence-electron chi connectivity index (χ2n) is 4.90. The molecule has 25 heavy (non-hydrogen) atoms. The molecule has 132 valence electrons. The van der Waals surface area contributed by atoms with Crippen molar-refractivity contribution in [2.75, 3.05) is 11.9 Å². The number of nitrogens with one attached hydrogen (secondary N) is 2. The van der Waals surface area contributed by atoms with E-state index in [0.717, 1.165) is 36.4 Å². The fourth-order valence-electron chi connectivity index (χ4n) is 1.96. The fraction of sp³-hybridized carbons (Fsp3) is 0.125. The summed E-state index contributed by atoms with van der Waals surface area (Å²) >= 11 is 0. The Hall–Kier alpha value is -2.97. The van der Waals surface area contributed by atoms with Crippen molar-refractivity contribution in [3.05, 3.63) is 65.2 Å². The summed E-state index contributed by atoms with van der Waals surface area (Å²) in [4.78, 5) is 23.5. The molecule has 0 aliphatic rings. The largest absolute Gasteiger partial charge is 0.417 e. The molecule has 0 saturated carbocycles.